The van der Waals surface area contributed by atoms with E-state index in [0.717, 1.165) is 38.8 Å². The summed E-state index contributed by atoms with van der Waals surface area (Å²) in [5.41, 5.74) is 0. The zero-order chi connectivity index (χ0) is 15.4. The first-order chi connectivity index (χ1) is 9.54. The van der Waals surface area contributed by atoms with Crippen molar-refractivity contribution < 1.29 is 19.4 Å². The highest BCUT2D eigenvalue weighted by atomic mass is 16.5. The summed E-state index contributed by atoms with van der Waals surface area (Å²) in [7, 11) is 1.45. The van der Waals surface area contributed by atoms with E-state index in [-0.39, 0.29) is 19.0 Å². The number of carbonyl (C=O) groups is 2. The van der Waals surface area contributed by atoms with Gasteiger partial charge < -0.3 is 20.1 Å². The van der Waals surface area contributed by atoms with Crippen LogP contribution >= 0.6 is 0 Å². The largest absolute Gasteiger partial charge is 0.481 e. The summed E-state index contributed by atoms with van der Waals surface area (Å²) in [5, 5.41) is 11.5. The highest BCUT2D eigenvalue weighted by Crippen LogP contribution is 2.01. The van der Waals surface area contributed by atoms with Crippen LogP contribution in [-0.4, -0.2) is 54.9 Å². The Kier molecular flexibility index (Phi) is 10.8. The number of carboxylic acids is 1. The second kappa shape index (κ2) is 11.5. The number of hydrogen-bond acceptors (Lipinski definition) is 3. The molecule has 0 saturated carbocycles. The van der Waals surface area contributed by atoms with E-state index in [1.807, 2.05) is 0 Å². The quantitative estimate of drug-likeness (QED) is 0.610. The molecule has 0 aromatic heterocycles. The van der Waals surface area contributed by atoms with Crippen LogP contribution in [0.15, 0.2) is 0 Å². The van der Waals surface area contributed by atoms with Gasteiger partial charge in [-0.15, -0.1) is 0 Å². The molecule has 0 heterocycles. The summed E-state index contributed by atoms with van der Waals surface area (Å²) in [6.45, 7) is 5.86. The van der Waals surface area contributed by atoms with Crippen LogP contribution in [0.2, 0.25) is 0 Å². The Bertz CT molecular complexity index is 276. The van der Waals surface area contributed by atoms with E-state index in [1.165, 1.54) is 7.11 Å². The Morgan fingerprint density at radius 3 is 2.15 bits per heavy atom. The normalized spacial score (nSPS) is 11.9. The van der Waals surface area contributed by atoms with Crippen molar-refractivity contribution in [3.63, 3.8) is 0 Å². The number of amides is 2. The van der Waals surface area contributed by atoms with Crippen LogP contribution in [-0.2, 0) is 9.53 Å². The molecule has 0 aromatic rings. The number of ether oxygens (including phenoxy) is 1. The number of hydrogen-bond donors (Lipinski definition) is 2. The standard InChI is InChI=1S/C14H28N2O4/c1-4-6-8-16(9-7-5-2)14(19)15-11-12(20-3)10-13(17)18/h12H,4-11H2,1-3H3,(H,15,19)(H,17,18). The molecule has 2 amide bonds. The Hall–Kier alpha value is -1.30. The number of urea groups is 1. The van der Waals surface area contributed by atoms with Gasteiger partial charge in [-0.2, -0.15) is 0 Å². The van der Waals surface area contributed by atoms with Gasteiger partial charge in [0.1, 0.15) is 0 Å². The van der Waals surface area contributed by atoms with Gasteiger partial charge in [0, 0.05) is 26.7 Å². The molecule has 0 aromatic carbocycles. The van der Waals surface area contributed by atoms with Crippen molar-refractivity contribution in [1.29, 1.82) is 0 Å². The number of nitrogens with one attached hydrogen (secondary N) is 1. The highest BCUT2D eigenvalue weighted by Gasteiger charge is 2.16. The lowest BCUT2D eigenvalue weighted by atomic mass is 10.2. The lowest BCUT2D eigenvalue weighted by Gasteiger charge is -2.24. The predicted octanol–water partition coefficient (Wildman–Crippen LogP) is 2.09. The molecule has 0 aliphatic carbocycles. The SMILES string of the molecule is CCCCN(CCCC)C(=O)NCC(CC(=O)O)OC. The van der Waals surface area contributed by atoms with Crippen LogP contribution in [0.25, 0.3) is 0 Å². The summed E-state index contributed by atoms with van der Waals surface area (Å²) in [4.78, 5) is 24.5. The first kappa shape index (κ1) is 18.7. The van der Waals surface area contributed by atoms with E-state index < -0.39 is 12.1 Å². The van der Waals surface area contributed by atoms with Gasteiger partial charge in [0.2, 0.25) is 0 Å². The third-order valence-electron chi connectivity index (χ3n) is 3.07. The van der Waals surface area contributed by atoms with Crippen LogP contribution in [0, 0.1) is 0 Å². The Balaban J connectivity index is 4.23. The number of nitrogens with zero attached hydrogens (tertiary/aromatic N) is 1. The summed E-state index contributed by atoms with van der Waals surface area (Å²) in [6, 6.07) is -0.140. The van der Waals surface area contributed by atoms with Crippen molar-refractivity contribution in [2.45, 2.75) is 52.1 Å². The topological polar surface area (TPSA) is 78.9 Å². The second-order valence-corrected chi connectivity index (χ2v) is 4.84. The minimum absolute atomic E-state index is 0.110. The Labute approximate surface area is 121 Å². The molecule has 0 bridgehead atoms. The summed E-state index contributed by atoms with van der Waals surface area (Å²) < 4.78 is 5.04. The second-order valence-electron chi connectivity index (χ2n) is 4.84. The number of carboxylic acid groups (broad SMARTS) is 1. The number of unbranched alkanes of at least 4 members (excludes halogenated alkanes) is 2. The van der Waals surface area contributed by atoms with Gasteiger partial charge in [-0.25, -0.2) is 4.79 Å². The average molecular weight is 288 g/mol. The van der Waals surface area contributed by atoms with Gasteiger partial charge >= 0.3 is 12.0 Å². The van der Waals surface area contributed by atoms with Gasteiger partial charge in [-0.05, 0) is 12.8 Å². The van der Waals surface area contributed by atoms with E-state index in [4.69, 9.17) is 9.84 Å². The van der Waals surface area contributed by atoms with Gasteiger partial charge in [0.15, 0.2) is 0 Å². The molecule has 0 aliphatic heterocycles. The molecule has 1 atom stereocenters. The number of aliphatic carboxylic acids is 1. The zero-order valence-electron chi connectivity index (χ0n) is 12.9. The number of methoxy groups -OCH3 is 1. The molecule has 2 N–H and O–H groups in total. The van der Waals surface area contributed by atoms with Crippen LogP contribution in [0.4, 0.5) is 4.79 Å². The van der Waals surface area contributed by atoms with E-state index >= 15 is 0 Å². The zero-order valence-corrected chi connectivity index (χ0v) is 12.9. The van der Waals surface area contributed by atoms with E-state index in [0.29, 0.717) is 0 Å². The molecule has 20 heavy (non-hydrogen) atoms. The lowest BCUT2D eigenvalue weighted by molar-refractivity contribution is -0.139. The van der Waals surface area contributed by atoms with Crippen LogP contribution < -0.4 is 5.32 Å². The Morgan fingerprint density at radius 2 is 1.75 bits per heavy atom. The third-order valence-corrected chi connectivity index (χ3v) is 3.07. The molecule has 0 aliphatic rings. The molecule has 118 valence electrons. The van der Waals surface area contributed by atoms with Crippen LogP contribution in [0.1, 0.15) is 46.0 Å². The van der Waals surface area contributed by atoms with Crippen molar-refractivity contribution in [2.75, 3.05) is 26.7 Å². The summed E-state index contributed by atoms with van der Waals surface area (Å²) >= 11 is 0. The fraction of sp³-hybridized carbons (Fsp3) is 0.857. The van der Waals surface area contributed by atoms with Crippen molar-refractivity contribution in [2.24, 2.45) is 0 Å². The van der Waals surface area contributed by atoms with Gasteiger partial charge in [-0.1, -0.05) is 26.7 Å². The van der Waals surface area contributed by atoms with E-state index in [2.05, 4.69) is 19.2 Å². The molecule has 6 nitrogen and oxygen atoms in total. The van der Waals surface area contributed by atoms with E-state index in [1.54, 1.807) is 4.90 Å². The van der Waals surface area contributed by atoms with E-state index in [9.17, 15) is 9.59 Å². The lowest BCUT2D eigenvalue weighted by Crippen LogP contribution is -2.44. The van der Waals surface area contributed by atoms with Gasteiger partial charge in [0.05, 0.1) is 12.5 Å². The maximum Gasteiger partial charge on any atom is 0.317 e. The minimum Gasteiger partial charge on any atom is -0.481 e. The van der Waals surface area contributed by atoms with Gasteiger partial charge in [-0.3, -0.25) is 4.79 Å². The first-order valence-electron chi connectivity index (χ1n) is 7.32. The third kappa shape index (κ3) is 8.74. The Morgan fingerprint density at radius 1 is 1.20 bits per heavy atom. The minimum atomic E-state index is -0.931. The molecule has 0 radical (unpaired) electrons. The van der Waals surface area contributed by atoms with Crippen molar-refractivity contribution >= 4 is 12.0 Å². The maximum absolute atomic E-state index is 12.1. The monoisotopic (exact) mass is 288 g/mol. The van der Waals surface area contributed by atoms with Crippen molar-refractivity contribution in [3.05, 3.63) is 0 Å². The highest BCUT2D eigenvalue weighted by molar-refractivity contribution is 5.74. The maximum atomic E-state index is 12.1. The number of rotatable bonds is 11. The molecule has 1 unspecified atom stereocenters. The molecular formula is C14H28N2O4. The predicted molar refractivity (Wildman–Crippen MR) is 77.8 cm³/mol. The molecular weight excluding hydrogens is 260 g/mol. The average Bonchev–Trinajstić information content (AvgIpc) is 2.42. The fourth-order valence-corrected chi connectivity index (χ4v) is 1.76. The van der Waals surface area contributed by atoms with Gasteiger partial charge in [0.25, 0.3) is 0 Å². The van der Waals surface area contributed by atoms with Crippen molar-refractivity contribution in [1.82, 2.24) is 10.2 Å². The molecule has 0 spiro atoms. The van der Waals surface area contributed by atoms with Crippen LogP contribution in [0.3, 0.4) is 0 Å². The smallest absolute Gasteiger partial charge is 0.317 e. The molecule has 0 rings (SSSR count). The number of carbonyl (C=O) groups excluding carboxylic acids is 1. The van der Waals surface area contributed by atoms with Crippen LogP contribution in [0.5, 0.6) is 0 Å². The molecule has 6 heteroatoms. The first-order valence-corrected chi connectivity index (χ1v) is 7.32. The molecule has 0 fully saturated rings. The summed E-state index contributed by atoms with van der Waals surface area (Å²) in [6.07, 6.45) is 3.42. The molecule has 0 saturated heterocycles. The summed E-state index contributed by atoms with van der Waals surface area (Å²) in [5.74, 6) is -0.931. The fourth-order valence-electron chi connectivity index (χ4n) is 1.76. The van der Waals surface area contributed by atoms with Crippen molar-refractivity contribution in [3.8, 4) is 0 Å².